The van der Waals surface area contributed by atoms with E-state index in [1.807, 2.05) is 31.2 Å². The molecule has 6 nitrogen and oxygen atoms in total. The van der Waals surface area contributed by atoms with Gasteiger partial charge in [0, 0.05) is 19.3 Å². The number of likely N-dealkylation sites (N-methyl/N-ethyl adjacent to an activating group) is 1. The van der Waals surface area contributed by atoms with Gasteiger partial charge in [-0.05, 0) is 57.6 Å². The van der Waals surface area contributed by atoms with Gasteiger partial charge in [-0.2, -0.15) is 5.26 Å². The van der Waals surface area contributed by atoms with Crippen LogP contribution < -0.4 is 10.1 Å². The van der Waals surface area contributed by atoms with Crippen LogP contribution in [-0.2, 0) is 4.79 Å². The Balaban J connectivity index is 2.10. The zero-order chi connectivity index (χ0) is 18.4. The average Bonchev–Trinajstić information content (AvgIpc) is 2.62. The normalized spacial score (nSPS) is 16.2. The molecule has 0 bridgehead atoms. The number of hydrogen-bond acceptors (Lipinski definition) is 5. The van der Waals surface area contributed by atoms with Crippen LogP contribution in [0.15, 0.2) is 30.0 Å². The molecular formula is C19H26N4O2. The fourth-order valence-electron chi connectivity index (χ4n) is 2.96. The van der Waals surface area contributed by atoms with Crippen LogP contribution in [0.3, 0.4) is 0 Å². The summed E-state index contributed by atoms with van der Waals surface area (Å²) < 4.78 is 5.30. The lowest BCUT2D eigenvalue weighted by Gasteiger charge is -2.35. The van der Waals surface area contributed by atoms with Crippen molar-refractivity contribution in [2.45, 2.75) is 25.8 Å². The summed E-state index contributed by atoms with van der Waals surface area (Å²) in [5, 5.41) is 12.4. The van der Waals surface area contributed by atoms with E-state index >= 15 is 0 Å². The third kappa shape index (κ3) is 4.74. The van der Waals surface area contributed by atoms with E-state index in [-0.39, 0.29) is 17.5 Å². The Labute approximate surface area is 149 Å². The van der Waals surface area contributed by atoms with Crippen molar-refractivity contribution >= 4 is 11.6 Å². The van der Waals surface area contributed by atoms with E-state index in [0.29, 0.717) is 5.75 Å². The molecule has 1 fully saturated rings. The molecule has 134 valence electrons. The minimum atomic E-state index is -0.254. The van der Waals surface area contributed by atoms with Gasteiger partial charge in [0.05, 0.1) is 12.8 Å². The second-order valence-electron chi connectivity index (χ2n) is 6.47. The number of rotatable bonds is 5. The van der Waals surface area contributed by atoms with Gasteiger partial charge in [0.2, 0.25) is 0 Å². The summed E-state index contributed by atoms with van der Waals surface area (Å²) in [5.41, 5.74) is 1.87. The number of nitrogens with one attached hydrogen (secondary N) is 1. The fourth-order valence-corrected chi connectivity index (χ4v) is 2.96. The smallest absolute Gasteiger partial charge is 0.266 e. The molecule has 1 N–H and O–H groups in total. The molecule has 1 amide bonds. The van der Waals surface area contributed by atoms with Gasteiger partial charge >= 0.3 is 0 Å². The van der Waals surface area contributed by atoms with E-state index < -0.39 is 0 Å². The largest absolute Gasteiger partial charge is 0.495 e. The zero-order valence-electron chi connectivity index (χ0n) is 15.4. The lowest BCUT2D eigenvalue weighted by atomic mass is 10.0. The minimum absolute atomic E-state index is 0.0880. The first-order chi connectivity index (χ1) is 12.0. The van der Waals surface area contributed by atoms with Crippen LogP contribution in [0.25, 0.3) is 0 Å². The van der Waals surface area contributed by atoms with Crippen molar-refractivity contribution in [3.63, 3.8) is 0 Å². The van der Waals surface area contributed by atoms with Crippen molar-refractivity contribution in [2.24, 2.45) is 0 Å². The standard InChI is InChI=1S/C19H26N4O2/c1-14-5-6-18(25-4)17(11-14)21-13-15(12-20)19(24)23(3)16-7-9-22(2)10-8-16/h5-6,11,13,16,21H,7-10H2,1-4H3/b15-13-. The number of methoxy groups -OCH3 is 1. The third-order valence-electron chi connectivity index (χ3n) is 4.63. The van der Waals surface area contributed by atoms with E-state index in [4.69, 9.17) is 4.74 Å². The number of aryl methyl sites for hydroxylation is 1. The SMILES string of the molecule is COc1ccc(C)cc1N/C=C(/C#N)C(=O)N(C)C1CCN(C)CC1. The molecule has 0 saturated carbocycles. The highest BCUT2D eigenvalue weighted by Crippen LogP contribution is 2.25. The van der Waals surface area contributed by atoms with Crippen molar-refractivity contribution in [3.8, 4) is 11.8 Å². The van der Waals surface area contributed by atoms with Crippen LogP contribution in [-0.4, -0.2) is 56.0 Å². The molecule has 1 heterocycles. The molecule has 0 spiro atoms. The second-order valence-corrected chi connectivity index (χ2v) is 6.47. The number of carbonyl (C=O) groups is 1. The molecule has 0 radical (unpaired) electrons. The molecule has 1 saturated heterocycles. The lowest BCUT2D eigenvalue weighted by Crippen LogP contribution is -2.44. The Kier molecular flexibility index (Phi) is 6.43. The summed E-state index contributed by atoms with van der Waals surface area (Å²) >= 11 is 0. The number of carbonyl (C=O) groups excluding carboxylic acids is 1. The molecule has 1 aliphatic heterocycles. The van der Waals surface area contributed by atoms with Crippen molar-refractivity contribution in [3.05, 3.63) is 35.5 Å². The van der Waals surface area contributed by atoms with Gasteiger partial charge in [0.25, 0.3) is 5.91 Å². The Morgan fingerprint density at radius 2 is 2.12 bits per heavy atom. The van der Waals surface area contributed by atoms with Crippen LogP contribution in [0.2, 0.25) is 0 Å². The molecule has 0 aromatic heterocycles. The van der Waals surface area contributed by atoms with E-state index in [2.05, 4.69) is 17.3 Å². The summed E-state index contributed by atoms with van der Waals surface area (Å²) in [7, 11) is 5.44. The van der Waals surface area contributed by atoms with E-state index in [1.54, 1.807) is 19.1 Å². The van der Waals surface area contributed by atoms with Crippen molar-refractivity contribution < 1.29 is 9.53 Å². The summed E-state index contributed by atoms with van der Waals surface area (Å²) in [6, 6.07) is 7.89. The molecule has 1 aromatic carbocycles. The number of benzene rings is 1. The molecule has 2 rings (SSSR count). The molecule has 1 aliphatic rings. The zero-order valence-corrected chi connectivity index (χ0v) is 15.4. The highest BCUT2D eigenvalue weighted by atomic mass is 16.5. The summed E-state index contributed by atoms with van der Waals surface area (Å²) in [5.74, 6) is 0.409. The van der Waals surface area contributed by atoms with E-state index in [9.17, 15) is 10.1 Å². The fraction of sp³-hybridized carbons (Fsp3) is 0.474. The maximum atomic E-state index is 12.6. The molecule has 1 aromatic rings. The molecule has 25 heavy (non-hydrogen) atoms. The summed E-state index contributed by atoms with van der Waals surface area (Å²) in [4.78, 5) is 16.6. The van der Waals surface area contributed by atoms with Gasteiger partial charge in [-0.1, -0.05) is 6.07 Å². The highest BCUT2D eigenvalue weighted by molar-refractivity contribution is 5.97. The van der Waals surface area contributed by atoms with Gasteiger partial charge < -0.3 is 19.9 Å². The number of hydrogen-bond donors (Lipinski definition) is 1. The molecule has 0 aliphatic carbocycles. The quantitative estimate of drug-likeness (QED) is 0.657. The van der Waals surface area contributed by atoms with Gasteiger partial charge in [-0.25, -0.2) is 0 Å². The second kappa shape index (κ2) is 8.54. The molecule has 0 atom stereocenters. The molecule has 6 heteroatoms. The van der Waals surface area contributed by atoms with Gasteiger partial charge in [-0.15, -0.1) is 0 Å². The average molecular weight is 342 g/mol. The Morgan fingerprint density at radius 3 is 2.72 bits per heavy atom. The van der Waals surface area contributed by atoms with Crippen LogP contribution in [0.4, 0.5) is 5.69 Å². The third-order valence-corrected chi connectivity index (χ3v) is 4.63. The minimum Gasteiger partial charge on any atom is -0.495 e. The van der Waals surface area contributed by atoms with Crippen LogP contribution in [0.5, 0.6) is 5.75 Å². The number of likely N-dealkylation sites (tertiary alicyclic amines) is 1. The number of ether oxygens (including phenoxy) is 1. The Bertz CT molecular complexity index is 685. The maximum Gasteiger partial charge on any atom is 0.266 e. The number of amides is 1. The predicted octanol–water partition coefficient (Wildman–Crippen LogP) is 2.38. The van der Waals surface area contributed by atoms with Crippen molar-refractivity contribution in [1.29, 1.82) is 5.26 Å². The maximum absolute atomic E-state index is 12.6. The predicted molar refractivity (Wildman–Crippen MR) is 98.3 cm³/mol. The first-order valence-electron chi connectivity index (χ1n) is 8.43. The van der Waals surface area contributed by atoms with Crippen LogP contribution in [0.1, 0.15) is 18.4 Å². The number of nitrogens with zero attached hydrogens (tertiary/aromatic N) is 3. The number of piperidine rings is 1. The Hall–Kier alpha value is -2.52. The van der Waals surface area contributed by atoms with Gasteiger partial charge in [-0.3, -0.25) is 4.79 Å². The van der Waals surface area contributed by atoms with Gasteiger partial charge in [0.1, 0.15) is 17.4 Å². The molecular weight excluding hydrogens is 316 g/mol. The van der Waals surface area contributed by atoms with Crippen molar-refractivity contribution in [1.82, 2.24) is 9.80 Å². The van der Waals surface area contributed by atoms with E-state index in [0.717, 1.165) is 37.2 Å². The Morgan fingerprint density at radius 1 is 1.44 bits per heavy atom. The molecule has 0 unspecified atom stereocenters. The first kappa shape index (κ1) is 18.8. The van der Waals surface area contributed by atoms with Gasteiger partial charge in [0.15, 0.2) is 0 Å². The van der Waals surface area contributed by atoms with E-state index in [1.165, 1.54) is 6.20 Å². The summed E-state index contributed by atoms with van der Waals surface area (Å²) in [6.07, 6.45) is 3.32. The monoisotopic (exact) mass is 342 g/mol. The number of nitriles is 1. The first-order valence-corrected chi connectivity index (χ1v) is 8.43. The van der Waals surface area contributed by atoms with Crippen LogP contribution in [0, 0.1) is 18.3 Å². The highest BCUT2D eigenvalue weighted by Gasteiger charge is 2.25. The summed E-state index contributed by atoms with van der Waals surface area (Å²) in [6.45, 7) is 3.90. The van der Waals surface area contributed by atoms with Crippen molar-refractivity contribution in [2.75, 3.05) is 39.6 Å². The van der Waals surface area contributed by atoms with Crippen LogP contribution >= 0.6 is 0 Å². The topological polar surface area (TPSA) is 68.6 Å². The lowest BCUT2D eigenvalue weighted by molar-refractivity contribution is -0.128. The number of anilines is 1.